The fraction of sp³-hybridized carbons (Fsp3) is 0.364. The lowest BCUT2D eigenvalue weighted by molar-refractivity contribution is -0.138. The fourth-order valence-electron chi connectivity index (χ4n) is 7.80. The number of piperidine rings is 2. The van der Waals surface area contributed by atoms with Crippen LogP contribution in [-0.4, -0.2) is 69.1 Å². The van der Waals surface area contributed by atoms with Crippen LogP contribution >= 0.6 is 45.9 Å². The van der Waals surface area contributed by atoms with Crippen molar-refractivity contribution in [3.8, 4) is 0 Å². The van der Waals surface area contributed by atoms with Gasteiger partial charge in [-0.1, -0.05) is 47.5 Å². The number of aryl methyl sites for hydroxylation is 2. The summed E-state index contributed by atoms with van der Waals surface area (Å²) in [5.41, 5.74) is 6.40. The minimum atomic E-state index is -0.642. The highest BCUT2D eigenvalue weighted by atomic mass is 35.5. The van der Waals surface area contributed by atoms with Crippen molar-refractivity contribution in [2.45, 2.75) is 103 Å². The molecule has 4 aliphatic rings. The third-order valence-corrected chi connectivity index (χ3v) is 14.7. The van der Waals surface area contributed by atoms with Crippen molar-refractivity contribution in [1.82, 2.24) is 31.1 Å². The molecule has 0 aliphatic carbocycles. The highest BCUT2D eigenvalue weighted by Gasteiger charge is 2.42. The van der Waals surface area contributed by atoms with E-state index >= 15 is 0 Å². The van der Waals surface area contributed by atoms with Gasteiger partial charge >= 0.3 is 0 Å². The minimum Gasteiger partial charge on any atom is -0.351 e. The molecule has 4 atom stereocenters. The number of nitrogens with zero attached hydrogens (tertiary/aromatic N) is 2. The molecule has 0 bridgehead atoms. The van der Waals surface area contributed by atoms with E-state index in [1.165, 1.54) is 32.5 Å². The molecular weight excluding hydrogens is 876 g/mol. The van der Waals surface area contributed by atoms with E-state index in [9.17, 15) is 38.4 Å². The molecular formula is C44H44Cl2N6O8S2. The van der Waals surface area contributed by atoms with Crippen LogP contribution < -0.4 is 21.3 Å². The molecule has 0 spiro atoms. The van der Waals surface area contributed by atoms with Crippen molar-refractivity contribution in [3.63, 3.8) is 0 Å². The summed E-state index contributed by atoms with van der Waals surface area (Å²) < 4.78 is 0. The number of hydrogen-bond acceptors (Lipinski definition) is 10. The Hall–Kier alpha value is -5.42. The Morgan fingerprint density at radius 2 is 1.06 bits per heavy atom. The second-order valence-corrected chi connectivity index (χ2v) is 18.5. The lowest BCUT2D eigenvalue weighted by Gasteiger charge is -2.29. The Balaban J connectivity index is 0.000000186. The molecule has 18 heteroatoms. The van der Waals surface area contributed by atoms with Crippen LogP contribution in [0, 0.1) is 13.8 Å². The van der Waals surface area contributed by atoms with E-state index in [0.29, 0.717) is 60.2 Å². The highest BCUT2D eigenvalue weighted by molar-refractivity contribution is 7.10. The number of fused-ring (bicyclic) bond motifs is 2. The second kappa shape index (κ2) is 18.5. The van der Waals surface area contributed by atoms with E-state index in [-0.39, 0.29) is 60.1 Å². The van der Waals surface area contributed by atoms with Gasteiger partial charge in [0, 0.05) is 56.5 Å². The molecule has 14 nitrogen and oxygen atoms in total. The van der Waals surface area contributed by atoms with Crippen molar-refractivity contribution >= 4 is 93.1 Å². The summed E-state index contributed by atoms with van der Waals surface area (Å²) in [5.74, 6) is -2.90. The van der Waals surface area contributed by atoms with Gasteiger partial charge in [-0.05, 0) is 86.1 Å². The zero-order chi connectivity index (χ0) is 44.6. The van der Waals surface area contributed by atoms with E-state index in [2.05, 4.69) is 21.3 Å². The SMILES string of the molecule is Cc1ccc([C@@H](C)C(=O)NCc2scc3c2CN(C2CCC(=O)NC2=O)C3=O)cc1Cl.Cc1ccc([C@H](C)C(=O)NCc2scc3c2CN(C2CCC(=O)NC2=O)C3=O)cc1Cl. The van der Waals surface area contributed by atoms with Crippen LogP contribution in [0.25, 0.3) is 0 Å². The number of carbonyl (C=O) groups excluding carboxylic acids is 8. The zero-order valence-corrected chi connectivity index (χ0v) is 37.5. The molecule has 0 radical (unpaired) electrons. The van der Waals surface area contributed by atoms with E-state index in [1.54, 1.807) is 22.9 Å². The number of halogens is 2. The van der Waals surface area contributed by atoms with Crippen LogP contribution in [0.5, 0.6) is 0 Å². The van der Waals surface area contributed by atoms with Gasteiger partial charge in [0.15, 0.2) is 0 Å². The van der Waals surface area contributed by atoms with Gasteiger partial charge in [0.1, 0.15) is 12.1 Å². The largest absolute Gasteiger partial charge is 0.351 e. The topological polar surface area (TPSA) is 191 Å². The van der Waals surface area contributed by atoms with Crippen molar-refractivity contribution in [1.29, 1.82) is 0 Å². The van der Waals surface area contributed by atoms with Crippen molar-refractivity contribution in [2.24, 2.45) is 0 Å². The number of imide groups is 2. The molecule has 8 amide bonds. The third kappa shape index (κ3) is 9.19. The van der Waals surface area contributed by atoms with E-state index in [0.717, 1.165) is 43.1 Å². The molecule has 8 rings (SSSR count). The molecule has 4 aliphatic heterocycles. The Kier molecular flexibility index (Phi) is 13.3. The van der Waals surface area contributed by atoms with Gasteiger partial charge in [0.25, 0.3) is 11.8 Å². The van der Waals surface area contributed by atoms with Gasteiger partial charge in [0.05, 0.1) is 36.1 Å². The number of hydrogen-bond donors (Lipinski definition) is 4. The second-order valence-electron chi connectivity index (χ2n) is 15.8. The number of nitrogens with one attached hydrogen (secondary N) is 4. The number of amides is 8. The summed E-state index contributed by atoms with van der Waals surface area (Å²) in [7, 11) is 0. The van der Waals surface area contributed by atoms with Crippen LogP contribution in [-0.2, 0) is 54.9 Å². The van der Waals surface area contributed by atoms with Gasteiger partial charge in [0.2, 0.25) is 35.4 Å². The summed E-state index contributed by atoms with van der Waals surface area (Å²) in [6.45, 7) is 8.68. The van der Waals surface area contributed by atoms with Gasteiger partial charge in [-0.25, -0.2) is 0 Å². The zero-order valence-electron chi connectivity index (χ0n) is 34.3. The first-order valence-electron chi connectivity index (χ1n) is 20.1. The van der Waals surface area contributed by atoms with Gasteiger partial charge in [-0.3, -0.25) is 49.0 Å². The average molecular weight is 920 g/mol. The van der Waals surface area contributed by atoms with Gasteiger partial charge < -0.3 is 20.4 Å². The predicted molar refractivity (Wildman–Crippen MR) is 234 cm³/mol. The first-order chi connectivity index (χ1) is 29.5. The molecule has 2 aromatic carbocycles. The maximum absolute atomic E-state index is 12.8. The Bertz CT molecular complexity index is 2360. The maximum Gasteiger partial charge on any atom is 0.256 e. The highest BCUT2D eigenvalue weighted by Crippen LogP contribution is 2.36. The summed E-state index contributed by atoms with van der Waals surface area (Å²) in [5, 5.41) is 15.3. The molecule has 4 N–H and O–H groups in total. The van der Waals surface area contributed by atoms with E-state index in [4.69, 9.17) is 23.2 Å². The predicted octanol–water partition coefficient (Wildman–Crippen LogP) is 5.78. The van der Waals surface area contributed by atoms with Gasteiger partial charge in [-0.2, -0.15) is 0 Å². The van der Waals surface area contributed by atoms with Gasteiger partial charge in [-0.15, -0.1) is 22.7 Å². The lowest BCUT2D eigenvalue weighted by atomic mass is 9.99. The maximum atomic E-state index is 12.8. The molecule has 62 heavy (non-hydrogen) atoms. The normalized spacial score (nSPS) is 19.3. The lowest BCUT2D eigenvalue weighted by Crippen LogP contribution is -2.52. The first-order valence-corrected chi connectivity index (χ1v) is 22.6. The average Bonchev–Trinajstić information content (AvgIpc) is 4.00. The Morgan fingerprint density at radius 3 is 1.42 bits per heavy atom. The number of thiophene rings is 2. The third-order valence-electron chi connectivity index (χ3n) is 11.8. The molecule has 2 saturated heterocycles. The van der Waals surface area contributed by atoms with Crippen molar-refractivity contribution < 1.29 is 38.4 Å². The number of rotatable bonds is 10. The van der Waals surface area contributed by atoms with E-state index < -0.39 is 23.9 Å². The summed E-state index contributed by atoms with van der Waals surface area (Å²) in [4.78, 5) is 103. The van der Waals surface area contributed by atoms with Crippen molar-refractivity contribution in [2.75, 3.05) is 0 Å². The quantitative estimate of drug-likeness (QED) is 0.144. The van der Waals surface area contributed by atoms with E-state index in [1.807, 2.05) is 52.0 Å². The summed E-state index contributed by atoms with van der Waals surface area (Å²) in [6, 6.07) is 9.90. The standard InChI is InChI=1S/2C22H22ClN3O4S/c2*1-11-3-4-13(7-16(11)23)12(2)20(28)24-8-18-14-9-26(22(30)15(14)10-31-18)17-5-6-19(27)25-21(17)29/h2*3-4,7,10,12,17H,5-6,8-9H2,1-2H3,(H,24,28)(H,25,27,29)/t2*12-,17?/m10/s1. The monoisotopic (exact) mass is 918 g/mol. The molecule has 6 heterocycles. The molecule has 2 aromatic heterocycles. The molecule has 2 unspecified atom stereocenters. The Labute approximate surface area is 375 Å². The molecule has 0 saturated carbocycles. The summed E-state index contributed by atoms with van der Waals surface area (Å²) in [6.07, 6.45) is 1.09. The van der Waals surface area contributed by atoms with Crippen LogP contribution in [0.4, 0.5) is 0 Å². The Morgan fingerprint density at radius 1 is 0.677 bits per heavy atom. The smallest absolute Gasteiger partial charge is 0.256 e. The summed E-state index contributed by atoms with van der Waals surface area (Å²) >= 11 is 15.2. The fourth-order valence-corrected chi connectivity index (χ4v) is 10.1. The van der Waals surface area contributed by atoms with Crippen LogP contribution in [0.15, 0.2) is 47.2 Å². The molecule has 4 aromatic rings. The van der Waals surface area contributed by atoms with Crippen molar-refractivity contribution in [3.05, 3.63) is 111 Å². The number of carbonyl (C=O) groups is 8. The van der Waals surface area contributed by atoms with Crippen LogP contribution in [0.2, 0.25) is 10.0 Å². The van der Waals surface area contributed by atoms with Crippen LogP contribution in [0.3, 0.4) is 0 Å². The molecule has 324 valence electrons. The first kappa shape index (κ1) is 44.6. The number of benzene rings is 2. The molecule has 2 fully saturated rings. The van der Waals surface area contributed by atoms with Crippen LogP contribution in [0.1, 0.15) is 115 Å². The minimum absolute atomic E-state index is 0.131.